The molecule has 90 valence electrons. The topological polar surface area (TPSA) is 9.23 Å². The maximum Gasteiger partial charge on any atom is 0.142 e. The van der Waals surface area contributed by atoms with E-state index in [1.165, 1.54) is 16.7 Å². The third kappa shape index (κ3) is 2.17. The molecule has 1 aliphatic rings. The molecular formula is C17H16O. The van der Waals surface area contributed by atoms with Crippen LogP contribution in [-0.2, 0) is 6.42 Å². The number of para-hydroxylation sites is 1. The maximum absolute atomic E-state index is 6.10. The highest BCUT2D eigenvalue weighted by Crippen LogP contribution is 2.29. The summed E-state index contributed by atoms with van der Waals surface area (Å²) in [6.07, 6.45) is 5.30. The van der Waals surface area contributed by atoms with E-state index in [2.05, 4.69) is 55.5 Å². The van der Waals surface area contributed by atoms with Gasteiger partial charge in [0, 0.05) is 0 Å². The Hall–Kier alpha value is -2.02. The monoisotopic (exact) mass is 236 g/mol. The zero-order valence-corrected chi connectivity index (χ0v) is 10.5. The molecule has 2 aromatic carbocycles. The van der Waals surface area contributed by atoms with Gasteiger partial charge in [-0.2, -0.15) is 0 Å². The van der Waals surface area contributed by atoms with Gasteiger partial charge >= 0.3 is 0 Å². The Kier molecular flexibility index (Phi) is 2.89. The Morgan fingerprint density at radius 2 is 1.78 bits per heavy atom. The van der Waals surface area contributed by atoms with E-state index in [1.807, 2.05) is 12.1 Å². The van der Waals surface area contributed by atoms with Crippen LogP contribution in [0.5, 0.6) is 5.75 Å². The minimum Gasteiger partial charge on any atom is -0.481 e. The lowest BCUT2D eigenvalue weighted by Crippen LogP contribution is -2.04. The summed E-state index contributed by atoms with van der Waals surface area (Å²) in [5.41, 5.74) is 3.73. The van der Waals surface area contributed by atoms with Crippen molar-refractivity contribution in [3.8, 4) is 5.75 Å². The average Bonchev–Trinajstić information content (AvgIpc) is 2.61. The highest BCUT2D eigenvalue weighted by molar-refractivity contribution is 5.38. The summed E-state index contributed by atoms with van der Waals surface area (Å²) in [6, 6.07) is 16.8. The fourth-order valence-electron chi connectivity index (χ4n) is 2.22. The van der Waals surface area contributed by atoms with Crippen LogP contribution in [0.2, 0.25) is 0 Å². The van der Waals surface area contributed by atoms with Gasteiger partial charge in [0.2, 0.25) is 0 Å². The van der Waals surface area contributed by atoms with Crippen LogP contribution in [0, 0.1) is 6.92 Å². The summed E-state index contributed by atoms with van der Waals surface area (Å²) in [7, 11) is 0. The second kappa shape index (κ2) is 4.69. The SMILES string of the molecule is Cc1ccc(C2C=CCc3ccccc3O2)cc1. The molecule has 18 heavy (non-hydrogen) atoms. The zero-order valence-electron chi connectivity index (χ0n) is 10.5. The van der Waals surface area contributed by atoms with Crippen LogP contribution in [0.25, 0.3) is 0 Å². The highest BCUT2D eigenvalue weighted by Gasteiger charge is 2.14. The van der Waals surface area contributed by atoms with E-state index < -0.39 is 0 Å². The minimum atomic E-state index is 0.0225. The van der Waals surface area contributed by atoms with Gasteiger partial charge in [0.1, 0.15) is 11.9 Å². The molecular weight excluding hydrogens is 220 g/mol. The van der Waals surface area contributed by atoms with Crippen molar-refractivity contribution < 1.29 is 4.74 Å². The van der Waals surface area contributed by atoms with Crippen LogP contribution in [0.15, 0.2) is 60.7 Å². The van der Waals surface area contributed by atoms with Crippen molar-refractivity contribution >= 4 is 0 Å². The van der Waals surface area contributed by atoms with E-state index in [-0.39, 0.29) is 6.10 Å². The first-order chi connectivity index (χ1) is 8.83. The molecule has 0 saturated carbocycles. The quantitative estimate of drug-likeness (QED) is 0.673. The van der Waals surface area contributed by atoms with Crippen LogP contribution in [0.1, 0.15) is 22.8 Å². The molecule has 0 bridgehead atoms. The first-order valence-electron chi connectivity index (χ1n) is 6.31. The number of hydrogen-bond donors (Lipinski definition) is 0. The summed E-state index contributed by atoms with van der Waals surface area (Å²) in [5.74, 6) is 0.994. The lowest BCUT2D eigenvalue weighted by molar-refractivity contribution is 0.256. The predicted molar refractivity (Wildman–Crippen MR) is 73.8 cm³/mol. The summed E-state index contributed by atoms with van der Waals surface area (Å²) in [4.78, 5) is 0. The molecule has 1 unspecified atom stereocenters. The molecule has 0 N–H and O–H groups in total. The van der Waals surface area contributed by atoms with Gasteiger partial charge in [-0.25, -0.2) is 0 Å². The van der Waals surface area contributed by atoms with E-state index in [1.54, 1.807) is 0 Å². The van der Waals surface area contributed by atoms with Crippen molar-refractivity contribution in [1.82, 2.24) is 0 Å². The number of rotatable bonds is 1. The van der Waals surface area contributed by atoms with Crippen molar-refractivity contribution in [2.45, 2.75) is 19.4 Å². The van der Waals surface area contributed by atoms with Gasteiger partial charge in [0.25, 0.3) is 0 Å². The Morgan fingerprint density at radius 1 is 1.00 bits per heavy atom. The molecule has 2 aromatic rings. The van der Waals surface area contributed by atoms with E-state index in [4.69, 9.17) is 4.74 Å². The van der Waals surface area contributed by atoms with Gasteiger partial charge in [-0.3, -0.25) is 0 Å². The van der Waals surface area contributed by atoms with E-state index in [0.717, 1.165) is 12.2 Å². The molecule has 0 fully saturated rings. The molecule has 0 aliphatic carbocycles. The van der Waals surface area contributed by atoms with Crippen LogP contribution < -0.4 is 4.74 Å². The number of benzene rings is 2. The average molecular weight is 236 g/mol. The normalized spacial score (nSPS) is 17.7. The first-order valence-corrected chi connectivity index (χ1v) is 6.31. The van der Waals surface area contributed by atoms with Crippen LogP contribution >= 0.6 is 0 Å². The zero-order chi connectivity index (χ0) is 12.4. The van der Waals surface area contributed by atoms with Crippen molar-refractivity contribution in [3.63, 3.8) is 0 Å². The summed E-state index contributed by atoms with van der Waals surface area (Å²) in [6.45, 7) is 2.10. The molecule has 0 aromatic heterocycles. The molecule has 0 spiro atoms. The summed E-state index contributed by atoms with van der Waals surface area (Å²) < 4.78 is 6.10. The van der Waals surface area contributed by atoms with Crippen LogP contribution in [0.3, 0.4) is 0 Å². The van der Waals surface area contributed by atoms with Gasteiger partial charge in [-0.05, 0) is 36.6 Å². The molecule has 1 aliphatic heterocycles. The lowest BCUT2D eigenvalue weighted by Gasteiger charge is -2.16. The predicted octanol–water partition coefficient (Wildman–Crippen LogP) is 4.23. The van der Waals surface area contributed by atoms with Gasteiger partial charge in [0.05, 0.1) is 0 Å². The Balaban J connectivity index is 1.93. The van der Waals surface area contributed by atoms with Gasteiger partial charge < -0.3 is 4.74 Å². The smallest absolute Gasteiger partial charge is 0.142 e. The minimum absolute atomic E-state index is 0.0225. The standard InChI is InChI=1S/C17H16O/c1-13-9-11-15(12-10-13)17-8-4-6-14-5-2-3-7-16(14)18-17/h2-5,7-12,17H,6H2,1H3. The molecule has 1 nitrogen and oxygen atoms in total. The molecule has 3 rings (SSSR count). The number of hydrogen-bond acceptors (Lipinski definition) is 1. The van der Waals surface area contributed by atoms with Gasteiger partial charge in [0.15, 0.2) is 0 Å². The molecule has 0 radical (unpaired) electrons. The second-order valence-corrected chi connectivity index (χ2v) is 4.69. The Morgan fingerprint density at radius 3 is 2.61 bits per heavy atom. The molecule has 0 amide bonds. The van der Waals surface area contributed by atoms with Crippen molar-refractivity contribution in [3.05, 3.63) is 77.4 Å². The van der Waals surface area contributed by atoms with Crippen molar-refractivity contribution in [2.24, 2.45) is 0 Å². The largest absolute Gasteiger partial charge is 0.481 e. The van der Waals surface area contributed by atoms with Crippen molar-refractivity contribution in [1.29, 1.82) is 0 Å². The number of aryl methyl sites for hydroxylation is 1. The summed E-state index contributed by atoms with van der Waals surface area (Å²) in [5, 5.41) is 0. The number of allylic oxidation sites excluding steroid dienone is 1. The second-order valence-electron chi connectivity index (χ2n) is 4.69. The van der Waals surface area contributed by atoms with Gasteiger partial charge in [-0.1, -0.05) is 54.1 Å². The van der Waals surface area contributed by atoms with E-state index >= 15 is 0 Å². The number of fused-ring (bicyclic) bond motifs is 1. The fraction of sp³-hybridized carbons (Fsp3) is 0.176. The lowest BCUT2D eigenvalue weighted by atomic mass is 10.1. The third-order valence-electron chi connectivity index (χ3n) is 3.28. The highest BCUT2D eigenvalue weighted by atomic mass is 16.5. The Bertz CT molecular complexity index is 566. The third-order valence-corrected chi connectivity index (χ3v) is 3.28. The van der Waals surface area contributed by atoms with Crippen LogP contribution in [0.4, 0.5) is 0 Å². The number of ether oxygens (including phenoxy) is 1. The summed E-state index contributed by atoms with van der Waals surface area (Å²) >= 11 is 0. The van der Waals surface area contributed by atoms with Gasteiger partial charge in [-0.15, -0.1) is 0 Å². The van der Waals surface area contributed by atoms with Crippen molar-refractivity contribution in [2.75, 3.05) is 0 Å². The van der Waals surface area contributed by atoms with E-state index in [0.29, 0.717) is 0 Å². The maximum atomic E-state index is 6.10. The molecule has 1 heteroatoms. The fourth-order valence-corrected chi connectivity index (χ4v) is 2.22. The van der Waals surface area contributed by atoms with E-state index in [9.17, 15) is 0 Å². The first kappa shape index (κ1) is 11.1. The van der Waals surface area contributed by atoms with Crippen LogP contribution in [-0.4, -0.2) is 0 Å². The Labute approximate surface area is 108 Å². The molecule has 1 atom stereocenters. The molecule has 1 heterocycles. The molecule has 0 saturated heterocycles.